The predicted octanol–water partition coefficient (Wildman–Crippen LogP) is 3.92. The minimum absolute atomic E-state index is 0.0914. The maximum Gasteiger partial charge on any atom is 0.278 e. The summed E-state index contributed by atoms with van der Waals surface area (Å²) < 4.78 is 0. The van der Waals surface area contributed by atoms with E-state index in [4.69, 9.17) is 0 Å². The highest BCUT2D eigenvalue weighted by molar-refractivity contribution is 8.00. The van der Waals surface area contributed by atoms with Crippen LogP contribution in [0, 0.1) is 13.8 Å². The first-order chi connectivity index (χ1) is 15.3. The Morgan fingerprint density at radius 3 is 2.50 bits per heavy atom. The van der Waals surface area contributed by atoms with Gasteiger partial charge in [-0.1, -0.05) is 54.6 Å². The van der Waals surface area contributed by atoms with E-state index >= 15 is 0 Å². The van der Waals surface area contributed by atoms with Crippen LogP contribution in [0.3, 0.4) is 0 Å². The van der Waals surface area contributed by atoms with Crippen LogP contribution >= 0.6 is 11.8 Å². The Labute approximate surface area is 190 Å². The molecule has 0 saturated heterocycles. The molecule has 0 aliphatic heterocycles. The Morgan fingerprint density at radius 2 is 1.81 bits per heavy atom. The quantitative estimate of drug-likeness (QED) is 0.469. The molecule has 0 aliphatic rings. The van der Waals surface area contributed by atoms with Crippen molar-refractivity contribution >= 4 is 35.0 Å². The summed E-state index contributed by atoms with van der Waals surface area (Å²) in [5.74, 6) is -0.376. The maximum atomic E-state index is 12.7. The first-order valence-electron chi connectivity index (χ1n) is 10.2. The number of amides is 2. The van der Waals surface area contributed by atoms with E-state index in [0.29, 0.717) is 17.7 Å². The number of para-hydroxylation sites is 1. The maximum absolute atomic E-state index is 12.7. The zero-order valence-electron chi connectivity index (χ0n) is 18.4. The molecule has 3 rings (SSSR count). The second-order valence-corrected chi connectivity index (χ2v) is 8.65. The molecule has 166 valence electrons. The van der Waals surface area contributed by atoms with Crippen molar-refractivity contribution in [3.8, 4) is 11.3 Å². The highest BCUT2D eigenvalue weighted by Gasteiger charge is 2.19. The van der Waals surface area contributed by atoms with Crippen molar-refractivity contribution in [2.45, 2.75) is 44.5 Å². The average Bonchev–Trinajstić information content (AvgIpc) is 2.76. The minimum Gasteiger partial charge on any atom is -0.325 e. The average molecular weight is 452 g/mol. The van der Waals surface area contributed by atoms with Crippen molar-refractivity contribution in [2.24, 2.45) is 0 Å². The fraction of sp³-hybridized carbons (Fsp3) is 0.261. The first kappa shape index (κ1) is 23.2. The number of carbonyl (C=O) groups excluding carboxylic acids is 2. The lowest BCUT2D eigenvalue weighted by Crippen LogP contribution is -2.24. The van der Waals surface area contributed by atoms with Crippen molar-refractivity contribution < 1.29 is 9.59 Å². The fourth-order valence-electron chi connectivity index (χ4n) is 3.00. The Kier molecular flexibility index (Phi) is 7.42. The molecule has 0 aliphatic carbocycles. The van der Waals surface area contributed by atoms with Crippen LogP contribution in [-0.2, 0) is 9.59 Å². The number of benzene rings is 2. The number of thioether (sulfide) groups is 1. The molecule has 3 aromatic rings. The van der Waals surface area contributed by atoms with E-state index in [-0.39, 0.29) is 22.7 Å². The monoisotopic (exact) mass is 451 g/mol. The molecule has 0 spiro atoms. The van der Waals surface area contributed by atoms with Gasteiger partial charge in [-0.15, -0.1) is 10.2 Å². The summed E-state index contributed by atoms with van der Waals surface area (Å²) >= 11 is 1.11. The van der Waals surface area contributed by atoms with E-state index in [0.717, 1.165) is 28.6 Å². The van der Waals surface area contributed by atoms with Gasteiger partial charge in [-0.25, -0.2) is 0 Å². The Balaban J connectivity index is 1.75. The number of aromatic amines is 1. The van der Waals surface area contributed by atoms with Crippen molar-refractivity contribution in [1.29, 1.82) is 0 Å². The second-order valence-electron chi connectivity index (χ2n) is 7.32. The number of rotatable bonds is 7. The molecule has 2 amide bonds. The molecule has 32 heavy (non-hydrogen) atoms. The van der Waals surface area contributed by atoms with Gasteiger partial charge in [-0.3, -0.25) is 19.4 Å². The van der Waals surface area contributed by atoms with Crippen molar-refractivity contribution in [3.63, 3.8) is 0 Å². The van der Waals surface area contributed by atoms with Crippen LogP contribution < -0.4 is 16.2 Å². The molecule has 1 atom stereocenters. The van der Waals surface area contributed by atoms with Gasteiger partial charge in [-0.05, 0) is 38.5 Å². The van der Waals surface area contributed by atoms with Crippen LogP contribution in [0.4, 0.5) is 11.4 Å². The molecule has 0 unspecified atom stereocenters. The van der Waals surface area contributed by atoms with Gasteiger partial charge in [0.05, 0.1) is 10.9 Å². The number of hydrogen-bond donors (Lipinski definition) is 3. The van der Waals surface area contributed by atoms with Crippen LogP contribution in [0.15, 0.2) is 52.4 Å². The third-order valence-corrected chi connectivity index (χ3v) is 5.73. The van der Waals surface area contributed by atoms with Crippen LogP contribution in [-0.4, -0.2) is 32.2 Å². The number of carbonyl (C=O) groups is 2. The summed E-state index contributed by atoms with van der Waals surface area (Å²) in [5, 5.41) is 13.5. The molecule has 0 fully saturated rings. The Morgan fingerprint density at radius 1 is 1.06 bits per heavy atom. The summed E-state index contributed by atoms with van der Waals surface area (Å²) in [7, 11) is 0. The van der Waals surface area contributed by atoms with E-state index < -0.39 is 10.8 Å². The third kappa shape index (κ3) is 5.61. The van der Waals surface area contributed by atoms with Gasteiger partial charge in [0.25, 0.3) is 5.56 Å². The molecule has 0 radical (unpaired) electrons. The largest absolute Gasteiger partial charge is 0.325 e. The zero-order chi connectivity index (χ0) is 23.3. The molecule has 1 heterocycles. The number of nitrogens with zero attached hydrogens (tertiary/aromatic N) is 2. The van der Waals surface area contributed by atoms with Crippen molar-refractivity contribution in [3.05, 3.63) is 63.9 Å². The molecular weight excluding hydrogens is 426 g/mol. The molecule has 2 aromatic carbocycles. The standard InChI is InChI=1S/C23H25N5O3S/c1-5-19(29)24-18-9-7-6-8-16(18)20-22(31)26-23(28-27-20)32-15(4)21(30)25-17-11-10-13(2)12-14(17)3/h6-12,15H,5H2,1-4H3,(H,24,29)(H,25,30)(H,26,28,31)/t15-/m0/s1. The van der Waals surface area contributed by atoms with Gasteiger partial charge in [0.15, 0.2) is 10.9 Å². The van der Waals surface area contributed by atoms with Crippen molar-refractivity contribution in [1.82, 2.24) is 15.2 Å². The third-order valence-electron chi connectivity index (χ3n) is 4.75. The van der Waals surface area contributed by atoms with Gasteiger partial charge >= 0.3 is 0 Å². The SMILES string of the molecule is CCC(=O)Nc1ccccc1-c1nnc(S[C@@H](C)C(=O)Nc2ccc(C)cc2C)[nH]c1=O. The number of aryl methyl sites for hydroxylation is 2. The van der Waals surface area contributed by atoms with E-state index in [1.165, 1.54) is 0 Å². The van der Waals surface area contributed by atoms with Gasteiger partial charge in [0, 0.05) is 17.7 Å². The van der Waals surface area contributed by atoms with E-state index in [1.54, 1.807) is 38.1 Å². The van der Waals surface area contributed by atoms with E-state index in [2.05, 4.69) is 25.8 Å². The van der Waals surface area contributed by atoms with Crippen LogP contribution in [0.1, 0.15) is 31.4 Å². The van der Waals surface area contributed by atoms with E-state index in [9.17, 15) is 14.4 Å². The number of aromatic nitrogens is 3. The number of hydrogen-bond acceptors (Lipinski definition) is 6. The molecule has 3 N–H and O–H groups in total. The molecule has 8 nitrogen and oxygen atoms in total. The topological polar surface area (TPSA) is 117 Å². The zero-order valence-corrected chi connectivity index (χ0v) is 19.2. The summed E-state index contributed by atoms with van der Waals surface area (Å²) in [6, 6.07) is 12.7. The smallest absolute Gasteiger partial charge is 0.278 e. The molecule has 0 saturated carbocycles. The summed E-state index contributed by atoms with van der Waals surface area (Å²) in [5.41, 5.74) is 3.43. The number of H-pyrrole nitrogens is 1. The van der Waals surface area contributed by atoms with Crippen LogP contribution in [0.5, 0.6) is 0 Å². The lowest BCUT2D eigenvalue weighted by Gasteiger charge is -2.13. The highest BCUT2D eigenvalue weighted by Crippen LogP contribution is 2.25. The minimum atomic E-state index is -0.511. The lowest BCUT2D eigenvalue weighted by molar-refractivity contribution is -0.116. The van der Waals surface area contributed by atoms with E-state index in [1.807, 2.05) is 32.0 Å². The molecule has 0 bridgehead atoms. The van der Waals surface area contributed by atoms with Gasteiger partial charge in [-0.2, -0.15) is 0 Å². The summed E-state index contributed by atoms with van der Waals surface area (Å²) in [4.78, 5) is 39.7. The summed E-state index contributed by atoms with van der Waals surface area (Å²) in [6.45, 7) is 7.40. The van der Waals surface area contributed by atoms with Crippen LogP contribution in [0.2, 0.25) is 0 Å². The van der Waals surface area contributed by atoms with Crippen molar-refractivity contribution in [2.75, 3.05) is 10.6 Å². The first-order valence-corrected chi connectivity index (χ1v) is 11.1. The predicted molar refractivity (Wildman–Crippen MR) is 127 cm³/mol. The van der Waals surface area contributed by atoms with Gasteiger partial charge in [0.1, 0.15) is 0 Å². The second kappa shape index (κ2) is 10.2. The number of anilines is 2. The normalized spacial score (nSPS) is 11.6. The molecule has 1 aromatic heterocycles. The van der Waals surface area contributed by atoms with Crippen LogP contribution in [0.25, 0.3) is 11.3 Å². The van der Waals surface area contributed by atoms with Gasteiger partial charge in [0.2, 0.25) is 11.8 Å². The Hall–Kier alpha value is -3.46. The molecular formula is C23H25N5O3S. The Bertz CT molecular complexity index is 1210. The summed E-state index contributed by atoms with van der Waals surface area (Å²) in [6.07, 6.45) is 0.314. The van der Waals surface area contributed by atoms with Gasteiger partial charge < -0.3 is 10.6 Å². The lowest BCUT2D eigenvalue weighted by atomic mass is 10.1. The fourth-order valence-corrected chi connectivity index (χ4v) is 3.74. The molecule has 9 heteroatoms. The highest BCUT2D eigenvalue weighted by atomic mass is 32.2. The number of nitrogens with one attached hydrogen (secondary N) is 3.